The summed E-state index contributed by atoms with van der Waals surface area (Å²) in [5, 5.41) is 4.20. The first kappa shape index (κ1) is 13.1. The Kier molecular flexibility index (Phi) is 5.71. The number of rotatable bonds is 5. The van der Waals surface area contributed by atoms with Crippen LogP contribution >= 0.6 is 34.2 Å². The summed E-state index contributed by atoms with van der Waals surface area (Å²) in [6.07, 6.45) is 0.995. The molecule has 1 unspecified atom stereocenters. The largest absolute Gasteiger partial charge is 0.385 e. The predicted octanol–water partition coefficient (Wildman–Crippen LogP) is 3.78. The van der Waals surface area contributed by atoms with Gasteiger partial charge in [-0.05, 0) is 54.1 Å². The van der Waals surface area contributed by atoms with Crippen molar-refractivity contribution in [3.05, 3.63) is 26.8 Å². The number of methoxy groups -OCH3 is 1. The van der Waals surface area contributed by atoms with Crippen LogP contribution in [0, 0.1) is 3.57 Å². The summed E-state index contributed by atoms with van der Waals surface area (Å²) in [5.41, 5.74) is 1.13. The lowest BCUT2D eigenvalue weighted by Gasteiger charge is -2.16. The lowest BCUT2D eigenvalue weighted by Crippen LogP contribution is -2.17. The highest BCUT2D eigenvalue weighted by atomic mass is 127. The van der Waals surface area contributed by atoms with Gasteiger partial charge in [0.1, 0.15) is 0 Å². The third kappa shape index (κ3) is 4.57. The molecular weight excluding hydrogens is 324 g/mol. The van der Waals surface area contributed by atoms with E-state index >= 15 is 0 Å². The minimum atomic E-state index is 0.402. The van der Waals surface area contributed by atoms with E-state index in [4.69, 9.17) is 16.3 Å². The van der Waals surface area contributed by atoms with Gasteiger partial charge in [-0.3, -0.25) is 0 Å². The molecule has 0 spiro atoms. The van der Waals surface area contributed by atoms with Crippen LogP contribution in [-0.4, -0.2) is 19.8 Å². The second-order valence-electron chi connectivity index (χ2n) is 3.45. The molecule has 0 amide bonds. The number of hydrogen-bond acceptors (Lipinski definition) is 2. The third-order valence-corrected chi connectivity index (χ3v) is 3.22. The lowest BCUT2D eigenvalue weighted by atomic mass is 10.2. The number of halogens is 2. The van der Waals surface area contributed by atoms with Crippen molar-refractivity contribution in [1.29, 1.82) is 0 Å². The van der Waals surface area contributed by atoms with Gasteiger partial charge in [0.2, 0.25) is 0 Å². The first-order chi connectivity index (χ1) is 7.13. The van der Waals surface area contributed by atoms with Crippen LogP contribution < -0.4 is 5.32 Å². The number of benzene rings is 1. The van der Waals surface area contributed by atoms with Crippen molar-refractivity contribution in [3.63, 3.8) is 0 Å². The fraction of sp³-hybridized carbons (Fsp3) is 0.455. The van der Waals surface area contributed by atoms with Gasteiger partial charge < -0.3 is 10.1 Å². The highest BCUT2D eigenvalue weighted by Gasteiger charge is 2.04. The van der Waals surface area contributed by atoms with Gasteiger partial charge >= 0.3 is 0 Å². The number of anilines is 1. The predicted molar refractivity (Wildman–Crippen MR) is 73.7 cm³/mol. The summed E-state index contributed by atoms with van der Waals surface area (Å²) in [6.45, 7) is 2.92. The van der Waals surface area contributed by atoms with Crippen LogP contribution in [0.2, 0.25) is 5.02 Å². The standard InChI is InChI=1S/C11H15ClINO/c1-8(5-6-15-2)14-11-4-3-9(12)7-10(11)13/h3-4,7-8,14H,5-6H2,1-2H3. The number of ether oxygens (including phenoxy) is 1. The Morgan fingerprint density at radius 2 is 2.27 bits per heavy atom. The zero-order valence-corrected chi connectivity index (χ0v) is 11.8. The maximum absolute atomic E-state index is 5.88. The average Bonchev–Trinajstić information content (AvgIpc) is 2.19. The molecule has 0 aliphatic heterocycles. The second-order valence-corrected chi connectivity index (χ2v) is 5.05. The third-order valence-electron chi connectivity index (χ3n) is 2.09. The summed E-state index contributed by atoms with van der Waals surface area (Å²) >= 11 is 8.16. The summed E-state index contributed by atoms with van der Waals surface area (Å²) in [7, 11) is 1.72. The van der Waals surface area contributed by atoms with Gasteiger partial charge in [0.05, 0.1) is 0 Å². The normalized spacial score (nSPS) is 12.5. The maximum Gasteiger partial charge on any atom is 0.0481 e. The average molecular weight is 340 g/mol. The van der Waals surface area contributed by atoms with Crippen molar-refractivity contribution in [2.75, 3.05) is 19.0 Å². The molecule has 15 heavy (non-hydrogen) atoms. The molecule has 4 heteroatoms. The highest BCUT2D eigenvalue weighted by Crippen LogP contribution is 2.23. The van der Waals surface area contributed by atoms with E-state index in [1.54, 1.807) is 7.11 Å². The van der Waals surface area contributed by atoms with Gasteiger partial charge in [0.15, 0.2) is 0 Å². The zero-order chi connectivity index (χ0) is 11.3. The van der Waals surface area contributed by atoms with Crippen LogP contribution in [0.3, 0.4) is 0 Å². The van der Waals surface area contributed by atoms with E-state index in [0.717, 1.165) is 27.3 Å². The maximum atomic E-state index is 5.88. The molecule has 84 valence electrons. The Balaban J connectivity index is 2.56. The lowest BCUT2D eigenvalue weighted by molar-refractivity contribution is 0.191. The summed E-state index contributed by atoms with van der Waals surface area (Å²) in [6, 6.07) is 6.26. The van der Waals surface area contributed by atoms with E-state index in [-0.39, 0.29) is 0 Å². The SMILES string of the molecule is COCCC(C)Nc1ccc(Cl)cc1I. The van der Waals surface area contributed by atoms with Gasteiger partial charge in [0.25, 0.3) is 0 Å². The molecule has 0 heterocycles. The first-order valence-electron chi connectivity index (χ1n) is 4.84. The van der Waals surface area contributed by atoms with Crippen LogP contribution in [-0.2, 0) is 4.74 Å². The summed E-state index contributed by atoms with van der Waals surface area (Å²) in [4.78, 5) is 0. The Labute approximate surface area is 109 Å². The molecule has 1 atom stereocenters. The van der Waals surface area contributed by atoms with Crippen molar-refractivity contribution in [2.45, 2.75) is 19.4 Å². The molecule has 1 aromatic rings. The van der Waals surface area contributed by atoms with E-state index < -0.39 is 0 Å². The van der Waals surface area contributed by atoms with Crippen LogP contribution in [0.1, 0.15) is 13.3 Å². The fourth-order valence-electron chi connectivity index (χ4n) is 1.24. The number of hydrogen-bond donors (Lipinski definition) is 1. The van der Waals surface area contributed by atoms with Crippen LogP contribution in [0.4, 0.5) is 5.69 Å². The molecule has 0 fully saturated rings. The fourth-order valence-corrected chi connectivity index (χ4v) is 2.27. The molecule has 0 aromatic heterocycles. The quantitative estimate of drug-likeness (QED) is 0.824. The Morgan fingerprint density at radius 1 is 1.53 bits per heavy atom. The molecular formula is C11H15ClINO. The Bertz CT molecular complexity index is 319. The smallest absolute Gasteiger partial charge is 0.0481 e. The first-order valence-corrected chi connectivity index (χ1v) is 6.29. The molecule has 0 saturated carbocycles. The van der Waals surface area contributed by atoms with Crippen LogP contribution in [0.25, 0.3) is 0 Å². The van der Waals surface area contributed by atoms with Crippen LogP contribution in [0.15, 0.2) is 18.2 Å². The van der Waals surface area contributed by atoms with E-state index in [2.05, 4.69) is 34.8 Å². The molecule has 2 nitrogen and oxygen atoms in total. The Morgan fingerprint density at radius 3 is 2.87 bits per heavy atom. The van der Waals surface area contributed by atoms with Crippen molar-refractivity contribution >= 4 is 39.9 Å². The van der Waals surface area contributed by atoms with Gasteiger partial charge in [-0.2, -0.15) is 0 Å². The molecule has 0 bridgehead atoms. The van der Waals surface area contributed by atoms with E-state index in [0.29, 0.717) is 6.04 Å². The zero-order valence-electron chi connectivity index (χ0n) is 8.89. The van der Waals surface area contributed by atoms with E-state index in [9.17, 15) is 0 Å². The van der Waals surface area contributed by atoms with E-state index in [1.165, 1.54) is 0 Å². The van der Waals surface area contributed by atoms with Gasteiger partial charge in [-0.25, -0.2) is 0 Å². The molecule has 0 aliphatic carbocycles. The number of nitrogens with one attached hydrogen (secondary N) is 1. The van der Waals surface area contributed by atoms with Crippen molar-refractivity contribution in [3.8, 4) is 0 Å². The Hall–Kier alpha value is -0.000000000000000111. The van der Waals surface area contributed by atoms with Gasteiger partial charge in [-0.15, -0.1) is 0 Å². The topological polar surface area (TPSA) is 21.3 Å². The summed E-state index contributed by atoms with van der Waals surface area (Å²) < 4.78 is 6.18. The van der Waals surface area contributed by atoms with E-state index in [1.807, 2.05) is 18.2 Å². The molecule has 0 saturated heterocycles. The van der Waals surface area contributed by atoms with Gasteiger partial charge in [0, 0.05) is 34.0 Å². The van der Waals surface area contributed by atoms with Crippen molar-refractivity contribution in [2.24, 2.45) is 0 Å². The van der Waals surface area contributed by atoms with Gasteiger partial charge in [-0.1, -0.05) is 11.6 Å². The summed E-state index contributed by atoms with van der Waals surface area (Å²) in [5.74, 6) is 0. The minimum absolute atomic E-state index is 0.402. The minimum Gasteiger partial charge on any atom is -0.385 e. The van der Waals surface area contributed by atoms with Crippen molar-refractivity contribution in [1.82, 2.24) is 0 Å². The molecule has 1 N–H and O–H groups in total. The second kappa shape index (κ2) is 6.55. The van der Waals surface area contributed by atoms with Crippen molar-refractivity contribution < 1.29 is 4.74 Å². The monoisotopic (exact) mass is 339 g/mol. The molecule has 0 radical (unpaired) electrons. The highest BCUT2D eigenvalue weighted by molar-refractivity contribution is 14.1. The molecule has 1 aromatic carbocycles. The van der Waals surface area contributed by atoms with Crippen LogP contribution in [0.5, 0.6) is 0 Å². The molecule has 1 rings (SSSR count). The molecule has 0 aliphatic rings.